The predicted molar refractivity (Wildman–Crippen MR) is 71.6 cm³/mol. The lowest BCUT2D eigenvalue weighted by molar-refractivity contribution is 0.299. The van der Waals surface area contributed by atoms with E-state index in [1.807, 2.05) is 10.9 Å². The van der Waals surface area contributed by atoms with Crippen LogP contribution in [0, 0.1) is 0 Å². The van der Waals surface area contributed by atoms with Gasteiger partial charge in [0.05, 0.1) is 18.4 Å². The molecule has 0 bridgehead atoms. The number of hydrogen-bond donors (Lipinski definition) is 1. The maximum absolute atomic E-state index is 9.27. The zero-order chi connectivity index (χ0) is 12.8. The maximum atomic E-state index is 9.27. The van der Waals surface area contributed by atoms with Gasteiger partial charge in [-0.3, -0.25) is 0 Å². The number of aryl methyl sites for hydroxylation is 1. The van der Waals surface area contributed by atoms with Crippen LogP contribution in [0.25, 0.3) is 5.57 Å². The normalized spacial score (nSPS) is 16.3. The highest BCUT2D eigenvalue weighted by atomic mass is 16.2. The first-order valence-corrected chi connectivity index (χ1v) is 6.71. The van der Waals surface area contributed by atoms with Crippen LogP contribution in [-0.4, -0.2) is 26.7 Å². The van der Waals surface area contributed by atoms with Crippen LogP contribution in [0.4, 0.5) is 0 Å². The average Bonchev–Trinajstić information content (AvgIpc) is 2.99. The second-order valence-corrected chi connectivity index (χ2v) is 5.18. The largest absolute Gasteiger partial charge is 0.396 e. The molecule has 96 valence electrons. The van der Waals surface area contributed by atoms with Gasteiger partial charge in [0.25, 0.3) is 0 Å². The Morgan fingerprint density at radius 1 is 1.26 bits per heavy atom. The number of rotatable bonds is 2. The Hall–Kier alpha value is -1.94. The molecule has 19 heavy (non-hydrogen) atoms. The van der Waals surface area contributed by atoms with Gasteiger partial charge >= 0.3 is 0 Å². The van der Waals surface area contributed by atoms with Gasteiger partial charge in [0.2, 0.25) is 0 Å². The molecule has 1 N–H and O–H groups in total. The third kappa shape index (κ3) is 1.50. The van der Waals surface area contributed by atoms with Crippen LogP contribution in [0.15, 0.2) is 30.0 Å². The van der Waals surface area contributed by atoms with E-state index < -0.39 is 0 Å². The molecule has 1 aromatic heterocycles. The summed E-state index contributed by atoms with van der Waals surface area (Å²) in [5.74, 6) is 0. The molecule has 0 saturated carbocycles. The molecule has 1 aliphatic heterocycles. The second kappa shape index (κ2) is 4.03. The molecule has 0 amide bonds. The van der Waals surface area contributed by atoms with Gasteiger partial charge < -0.3 is 5.11 Å². The Labute approximate surface area is 111 Å². The predicted octanol–water partition coefficient (Wildman–Crippen LogP) is 1.57. The molecule has 0 saturated heterocycles. The van der Waals surface area contributed by atoms with Crippen LogP contribution in [0.2, 0.25) is 0 Å². The topological polar surface area (TPSA) is 50.9 Å². The van der Waals surface area contributed by atoms with E-state index in [2.05, 4.69) is 28.5 Å². The van der Waals surface area contributed by atoms with E-state index in [9.17, 15) is 5.11 Å². The SMILES string of the molecule is OCCc1cccc2c1C1=C(CC2)Cn2nncc21. The number of fused-ring (bicyclic) bond motifs is 4. The minimum absolute atomic E-state index is 0.191. The lowest BCUT2D eigenvalue weighted by Crippen LogP contribution is -2.08. The number of aliphatic hydroxyl groups excluding tert-OH is 1. The number of allylic oxidation sites excluding steroid dienone is 1. The molecule has 0 fully saturated rings. The van der Waals surface area contributed by atoms with Gasteiger partial charge in [-0.2, -0.15) is 0 Å². The van der Waals surface area contributed by atoms with Crippen LogP contribution in [-0.2, 0) is 19.4 Å². The number of benzene rings is 1. The summed E-state index contributed by atoms with van der Waals surface area (Å²) in [6, 6.07) is 6.42. The highest BCUT2D eigenvalue weighted by molar-refractivity contribution is 5.86. The summed E-state index contributed by atoms with van der Waals surface area (Å²) in [6.07, 6.45) is 4.76. The summed E-state index contributed by atoms with van der Waals surface area (Å²) < 4.78 is 1.98. The lowest BCUT2D eigenvalue weighted by atomic mass is 9.82. The third-order valence-electron chi connectivity index (χ3n) is 4.13. The number of hydrogen-bond acceptors (Lipinski definition) is 3. The standard InChI is InChI=1S/C15H15N3O/c19-7-6-11-3-1-2-10-4-5-12-9-18-13(8-16-17-18)15(12)14(10)11/h1-3,8,19H,4-7,9H2. The number of aliphatic hydroxyl groups is 1. The summed E-state index contributed by atoms with van der Waals surface area (Å²) in [6.45, 7) is 1.06. The van der Waals surface area contributed by atoms with Crippen LogP contribution >= 0.6 is 0 Å². The van der Waals surface area contributed by atoms with Gasteiger partial charge in [-0.05, 0) is 41.5 Å². The molecule has 1 aliphatic carbocycles. The van der Waals surface area contributed by atoms with Crippen molar-refractivity contribution in [1.29, 1.82) is 0 Å². The molecular weight excluding hydrogens is 238 g/mol. The zero-order valence-corrected chi connectivity index (χ0v) is 10.6. The molecule has 2 aromatic rings. The maximum Gasteiger partial charge on any atom is 0.0895 e. The summed E-state index contributed by atoms with van der Waals surface area (Å²) in [4.78, 5) is 0. The first kappa shape index (κ1) is 10.9. The third-order valence-corrected chi connectivity index (χ3v) is 4.13. The number of aromatic nitrogens is 3. The van der Waals surface area contributed by atoms with E-state index in [1.54, 1.807) is 0 Å². The van der Waals surface area contributed by atoms with E-state index >= 15 is 0 Å². The Balaban J connectivity index is 1.95. The molecule has 2 heterocycles. The van der Waals surface area contributed by atoms with Crippen molar-refractivity contribution in [2.45, 2.75) is 25.8 Å². The van der Waals surface area contributed by atoms with Crippen molar-refractivity contribution in [1.82, 2.24) is 15.0 Å². The van der Waals surface area contributed by atoms with Crippen LogP contribution in [0.3, 0.4) is 0 Å². The first-order valence-electron chi connectivity index (χ1n) is 6.71. The fraction of sp³-hybridized carbons (Fsp3) is 0.333. The molecule has 0 atom stereocenters. The van der Waals surface area contributed by atoms with Gasteiger partial charge in [0.15, 0.2) is 0 Å². The van der Waals surface area contributed by atoms with Crippen molar-refractivity contribution in [3.8, 4) is 0 Å². The van der Waals surface area contributed by atoms with Crippen molar-refractivity contribution in [3.05, 3.63) is 52.4 Å². The van der Waals surface area contributed by atoms with Crippen molar-refractivity contribution < 1.29 is 5.11 Å². The minimum Gasteiger partial charge on any atom is -0.396 e. The van der Waals surface area contributed by atoms with Crippen molar-refractivity contribution in [2.24, 2.45) is 0 Å². The second-order valence-electron chi connectivity index (χ2n) is 5.18. The molecule has 4 heteroatoms. The lowest BCUT2D eigenvalue weighted by Gasteiger charge is -2.21. The molecule has 0 radical (unpaired) electrons. The van der Waals surface area contributed by atoms with E-state index in [4.69, 9.17) is 0 Å². The fourth-order valence-corrected chi connectivity index (χ4v) is 3.32. The highest BCUT2D eigenvalue weighted by Gasteiger charge is 2.29. The van der Waals surface area contributed by atoms with Gasteiger partial charge in [0, 0.05) is 12.2 Å². The summed E-state index contributed by atoms with van der Waals surface area (Å²) >= 11 is 0. The quantitative estimate of drug-likeness (QED) is 0.884. The highest BCUT2D eigenvalue weighted by Crippen LogP contribution is 2.41. The molecule has 4 nitrogen and oxygen atoms in total. The van der Waals surface area contributed by atoms with E-state index in [0.29, 0.717) is 6.42 Å². The minimum atomic E-state index is 0.191. The molecular formula is C15H15N3O. The summed E-state index contributed by atoms with van der Waals surface area (Å²) in [5.41, 5.74) is 7.85. The van der Waals surface area contributed by atoms with Crippen LogP contribution in [0.5, 0.6) is 0 Å². The van der Waals surface area contributed by atoms with Crippen molar-refractivity contribution >= 4 is 5.57 Å². The molecule has 1 aromatic carbocycles. The average molecular weight is 253 g/mol. The fourth-order valence-electron chi connectivity index (χ4n) is 3.32. The summed E-state index contributed by atoms with van der Waals surface area (Å²) in [5, 5.41) is 17.4. The Bertz CT molecular complexity index is 684. The molecule has 2 aliphatic rings. The molecule has 0 spiro atoms. The Morgan fingerprint density at radius 3 is 3.11 bits per heavy atom. The van der Waals surface area contributed by atoms with Gasteiger partial charge in [-0.1, -0.05) is 23.4 Å². The molecule has 0 unspecified atom stereocenters. The van der Waals surface area contributed by atoms with Gasteiger partial charge in [-0.15, -0.1) is 5.10 Å². The van der Waals surface area contributed by atoms with Gasteiger partial charge in [-0.25, -0.2) is 4.68 Å². The van der Waals surface area contributed by atoms with E-state index in [1.165, 1.54) is 27.8 Å². The Kier molecular flexibility index (Phi) is 2.32. The first-order chi connectivity index (χ1) is 9.38. The number of nitrogens with zero attached hydrogens (tertiary/aromatic N) is 3. The van der Waals surface area contributed by atoms with E-state index in [0.717, 1.165) is 25.1 Å². The smallest absolute Gasteiger partial charge is 0.0895 e. The zero-order valence-electron chi connectivity index (χ0n) is 10.6. The van der Waals surface area contributed by atoms with Crippen molar-refractivity contribution in [2.75, 3.05) is 6.61 Å². The van der Waals surface area contributed by atoms with Gasteiger partial charge in [0.1, 0.15) is 0 Å². The Morgan fingerprint density at radius 2 is 2.21 bits per heavy atom. The van der Waals surface area contributed by atoms with Crippen molar-refractivity contribution in [3.63, 3.8) is 0 Å². The van der Waals surface area contributed by atoms with Crippen LogP contribution < -0.4 is 0 Å². The van der Waals surface area contributed by atoms with Crippen LogP contribution in [0.1, 0.15) is 28.8 Å². The monoisotopic (exact) mass is 253 g/mol. The van der Waals surface area contributed by atoms with E-state index in [-0.39, 0.29) is 6.61 Å². The summed E-state index contributed by atoms with van der Waals surface area (Å²) in [7, 11) is 0. The molecule has 4 rings (SSSR count).